The molecule has 1 N–H and O–H groups in total. The maximum Gasteiger partial charge on any atom is 0.125 e. The van der Waals surface area contributed by atoms with Gasteiger partial charge >= 0.3 is 0 Å². The van der Waals surface area contributed by atoms with Gasteiger partial charge < -0.3 is 5.21 Å². The summed E-state index contributed by atoms with van der Waals surface area (Å²) in [5.41, 5.74) is 4.87. The first-order chi connectivity index (χ1) is 11.8. The number of oxime groups is 1. The third-order valence-electron chi connectivity index (χ3n) is 4.01. The predicted molar refractivity (Wildman–Crippen MR) is 92.4 cm³/mol. The smallest absolute Gasteiger partial charge is 0.125 e. The summed E-state index contributed by atoms with van der Waals surface area (Å²) in [6.45, 7) is 1.97. The van der Waals surface area contributed by atoms with Crippen LogP contribution in [0.25, 0.3) is 21.1 Å². The van der Waals surface area contributed by atoms with Crippen LogP contribution in [0.1, 0.15) is 29.9 Å². The number of hydrogen-bond acceptors (Lipinski definition) is 7. The van der Waals surface area contributed by atoms with Crippen molar-refractivity contribution in [3.8, 4) is 21.1 Å². The molecule has 0 saturated heterocycles. The van der Waals surface area contributed by atoms with Gasteiger partial charge in [-0.1, -0.05) is 5.16 Å². The minimum atomic E-state index is 0.611. The third-order valence-corrected chi connectivity index (χ3v) is 5.24. The van der Waals surface area contributed by atoms with E-state index in [-0.39, 0.29) is 0 Å². The fourth-order valence-corrected chi connectivity index (χ4v) is 3.83. The average Bonchev–Trinajstić information content (AvgIpc) is 3.03. The normalized spacial score (nSPS) is 15.5. The molecule has 6 nitrogen and oxygen atoms in total. The molecule has 0 radical (unpaired) electrons. The molecule has 24 heavy (non-hydrogen) atoms. The fourth-order valence-electron chi connectivity index (χ4n) is 2.82. The quantitative estimate of drug-likeness (QED) is 0.571. The van der Waals surface area contributed by atoms with Gasteiger partial charge in [0.05, 0.1) is 22.5 Å². The zero-order valence-electron chi connectivity index (χ0n) is 13.1. The van der Waals surface area contributed by atoms with E-state index in [2.05, 4.69) is 20.1 Å². The lowest BCUT2D eigenvalue weighted by molar-refractivity contribution is 0.317. The van der Waals surface area contributed by atoms with E-state index in [0.29, 0.717) is 11.4 Å². The lowest BCUT2D eigenvalue weighted by atomic mass is 9.98. The van der Waals surface area contributed by atoms with Gasteiger partial charge in [0, 0.05) is 18.0 Å². The lowest BCUT2D eigenvalue weighted by Gasteiger charge is -2.15. The first-order valence-corrected chi connectivity index (χ1v) is 8.53. The molecule has 120 valence electrons. The number of nitrogens with zero attached hydrogens (tertiary/aromatic N) is 5. The summed E-state index contributed by atoms with van der Waals surface area (Å²) in [4.78, 5) is 19.0. The Hall–Kier alpha value is -2.67. The van der Waals surface area contributed by atoms with Gasteiger partial charge in [-0.3, -0.25) is 9.97 Å². The van der Waals surface area contributed by atoms with Crippen molar-refractivity contribution >= 4 is 17.0 Å². The molecule has 0 saturated carbocycles. The standard InChI is InChI=1S/C17H15N5OS/c1-10-16(24-17(20-10)11-4-3-7-18-8-11)14-9-19-12-5-2-6-13(22-23)15(12)21-14/h3-4,7-9,23H,2,5-6H2,1H3/b22-13+. The zero-order valence-corrected chi connectivity index (χ0v) is 13.9. The van der Waals surface area contributed by atoms with E-state index in [0.717, 1.165) is 51.8 Å². The molecule has 7 heteroatoms. The van der Waals surface area contributed by atoms with E-state index in [4.69, 9.17) is 4.98 Å². The number of thiazole rings is 1. The third kappa shape index (κ3) is 2.56. The summed E-state index contributed by atoms with van der Waals surface area (Å²) in [5, 5.41) is 13.5. The Labute approximate surface area is 143 Å². The molecule has 0 atom stereocenters. The molecule has 0 bridgehead atoms. The van der Waals surface area contributed by atoms with Crippen LogP contribution in [0.4, 0.5) is 0 Å². The molecule has 0 unspecified atom stereocenters. The Kier molecular flexibility index (Phi) is 3.78. The largest absolute Gasteiger partial charge is 0.411 e. The monoisotopic (exact) mass is 337 g/mol. The van der Waals surface area contributed by atoms with Crippen molar-refractivity contribution in [2.75, 3.05) is 0 Å². The number of aryl methyl sites for hydroxylation is 2. The SMILES string of the molecule is Cc1nc(-c2cccnc2)sc1-c1cnc2c(n1)/C(=N/O)CCC2. The summed E-state index contributed by atoms with van der Waals surface area (Å²) >= 11 is 1.57. The maximum atomic E-state index is 9.21. The molecule has 0 spiro atoms. The van der Waals surface area contributed by atoms with Crippen molar-refractivity contribution in [2.24, 2.45) is 5.16 Å². The Bertz CT molecular complexity index is 920. The highest BCUT2D eigenvalue weighted by Crippen LogP contribution is 2.34. The molecule has 3 heterocycles. The summed E-state index contributed by atoms with van der Waals surface area (Å²) in [6, 6.07) is 3.89. The molecule has 0 aromatic carbocycles. The average molecular weight is 337 g/mol. The van der Waals surface area contributed by atoms with Crippen molar-refractivity contribution in [1.82, 2.24) is 19.9 Å². The number of fused-ring (bicyclic) bond motifs is 1. The number of hydrogen-bond donors (Lipinski definition) is 1. The van der Waals surface area contributed by atoms with Crippen molar-refractivity contribution < 1.29 is 5.21 Å². The second-order valence-corrected chi connectivity index (χ2v) is 6.63. The number of aromatic nitrogens is 4. The van der Waals surface area contributed by atoms with E-state index in [9.17, 15) is 5.21 Å². The molecule has 3 aromatic rings. The van der Waals surface area contributed by atoms with Crippen molar-refractivity contribution in [3.05, 3.63) is 47.8 Å². The molecule has 0 amide bonds. The highest BCUT2D eigenvalue weighted by molar-refractivity contribution is 7.18. The molecule has 1 aliphatic carbocycles. The van der Waals surface area contributed by atoms with Crippen molar-refractivity contribution in [2.45, 2.75) is 26.2 Å². The second kappa shape index (κ2) is 6.09. The van der Waals surface area contributed by atoms with E-state index in [1.54, 1.807) is 29.9 Å². The topological polar surface area (TPSA) is 84.2 Å². The van der Waals surface area contributed by atoms with Gasteiger partial charge in [-0.05, 0) is 38.3 Å². The van der Waals surface area contributed by atoms with Crippen LogP contribution in [0.5, 0.6) is 0 Å². The van der Waals surface area contributed by atoms with Gasteiger partial charge in [0.25, 0.3) is 0 Å². The maximum absolute atomic E-state index is 9.21. The lowest BCUT2D eigenvalue weighted by Crippen LogP contribution is -2.16. The van der Waals surface area contributed by atoms with Crippen LogP contribution in [0, 0.1) is 6.92 Å². The van der Waals surface area contributed by atoms with Crippen LogP contribution < -0.4 is 0 Å². The highest BCUT2D eigenvalue weighted by atomic mass is 32.1. The van der Waals surface area contributed by atoms with Crippen LogP contribution in [0.15, 0.2) is 35.9 Å². The van der Waals surface area contributed by atoms with Gasteiger partial charge in [-0.2, -0.15) is 0 Å². The Morgan fingerprint density at radius 1 is 1.21 bits per heavy atom. The van der Waals surface area contributed by atoms with Crippen LogP contribution in [-0.2, 0) is 6.42 Å². The minimum absolute atomic E-state index is 0.611. The highest BCUT2D eigenvalue weighted by Gasteiger charge is 2.21. The van der Waals surface area contributed by atoms with Gasteiger partial charge in [0.1, 0.15) is 22.1 Å². The first kappa shape index (κ1) is 14.9. The summed E-state index contributed by atoms with van der Waals surface area (Å²) in [6.07, 6.45) is 7.86. The van der Waals surface area contributed by atoms with E-state index < -0.39 is 0 Å². The van der Waals surface area contributed by atoms with Crippen LogP contribution in [-0.4, -0.2) is 30.9 Å². The molecule has 4 rings (SSSR count). The molecule has 0 aliphatic heterocycles. The summed E-state index contributed by atoms with van der Waals surface area (Å²) in [7, 11) is 0. The van der Waals surface area contributed by atoms with Gasteiger partial charge in [0.2, 0.25) is 0 Å². The van der Waals surface area contributed by atoms with Crippen LogP contribution in [0.2, 0.25) is 0 Å². The molecule has 1 aliphatic rings. The molecular formula is C17H15N5OS. The Morgan fingerprint density at radius 3 is 2.92 bits per heavy atom. The van der Waals surface area contributed by atoms with E-state index >= 15 is 0 Å². The molecule has 0 fully saturated rings. The summed E-state index contributed by atoms with van der Waals surface area (Å²) < 4.78 is 0. The zero-order chi connectivity index (χ0) is 16.5. The van der Waals surface area contributed by atoms with E-state index in [1.807, 2.05) is 19.1 Å². The minimum Gasteiger partial charge on any atom is -0.411 e. The summed E-state index contributed by atoms with van der Waals surface area (Å²) in [5.74, 6) is 0. The van der Waals surface area contributed by atoms with Crippen LogP contribution >= 0.6 is 11.3 Å². The van der Waals surface area contributed by atoms with E-state index in [1.165, 1.54) is 0 Å². The van der Waals surface area contributed by atoms with Crippen molar-refractivity contribution in [3.63, 3.8) is 0 Å². The molecular weight excluding hydrogens is 322 g/mol. The number of pyridine rings is 1. The number of rotatable bonds is 2. The van der Waals surface area contributed by atoms with Gasteiger partial charge in [-0.25, -0.2) is 9.97 Å². The first-order valence-electron chi connectivity index (χ1n) is 7.71. The fraction of sp³-hybridized carbons (Fsp3) is 0.235. The Morgan fingerprint density at radius 2 is 2.12 bits per heavy atom. The predicted octanol–water partition coefficient (Wildman–Crippen LogP) is 3.49. The second-order valence-electron chi connectivity index (χ2n) is 5.63. The van der Waals surface area contributed by atoms with Crippen LogP contribution in [0.3, 0.4) is 0 Å². The Balaban J connectivity index is 1.79. The van der Waals surface area contributed by atoms with Gasteiger partial charge in [0.15, 0.2) is 0 Å². The van der Waals surface area contributed by atoms with Crippen molar-refractivity contribution in [1.29, 1.82) is 0 Å². The molecule has 3 aromatic heterocycles. The van der Waals surface area contributed by atoms with Gasteiger partial charge in [-0.15, -0.1) is 11.3 Å².